The number of amides is 2. The zero-order valence-corrected chi connectivity index (χ0v) is 16.2. The van der Waals surface area contributed by atoms with Gasteiger partial charge in [0, 0.05) is 37.6 Å². The van der Waals surface area contributed by atoms with Crippen LogP contribution in [0.3, 0.4) is 0 Å². The molecule has 4 heteroatoms. The van der Waals surface area contributed by atoms with E-state index >= 15 is 0 Å². The Kier molecular flexibility index (Phi) is 5.50. The van der Waals surface area contributed by atoms with Crippen LogP contribution in [0.2, 0.25) is 0 Å². The molecule has 0 aromatic heterocycles. The Morgan fingerprint density at radius 1 is 0.923 bits per heavy atom. The summed E-state index contributed by atoms with van der Waals surface area (Å²) in [6.45, 7) is 11.8. The first-order valence-electron chi connectivity index (χ1n) is 9.41. The maximum absolute atomic E-state index is 12.5. The van der Waals surface area contributed by atoms with Gasteiger partial charge in [-0.15, -0.1) is 0 Å². The number of urea groups is 1. The molecule has 0 spiro atoms. The average Bonchev–Trinajstić information content (AvgIpc) is 2.61. The minimum absolute atomic E-state index is 0.0117. The maximum atomic E-state index is 12.5. The summed E-state index contributed by atoms with van der Waals surface area (Å²) >= 11 is 0. The predicted octanol–water partition coefficient (Wildman–Crippen LogP) is 4.78. The summed E-state index contributed by atoms with van der Waals surface area (Å²) in [7, 11) is 0. The zero-order valence-electron chi connectivity index (χ0n) is 16.2. The number of nitrogens with one attached hydrogen (secondary N) is 1. The molecule has 0 radical (unpaired) electrons. The van der Waals surface area contributed by atoms with Gasteiger partial charge in [-0.05, 0) is 60.7 Å². The van der Waals surface area contributed by atoms with Crippen molar-refractivity contribution in [1.82, 2.24) is 4.90 Å². The van der Waals surface area contributed by atoms with Gasteiger partial charge < -0.3 is 15.1 Å². The molecule has 0 bridgehead atoms. The van der Waals surface area contributed by atoms with E-state index in [1.165, 1.54) is 22.4 Å². The minimum atomic E-state index is -0.0117. The quantitative estimate of drug-likeness (QED) is 0.864. The highest BCUT2D eigenvalue weighted by molar-refractivity contribution is 5.89. The summed E-state index contributed by atoms with van der Waals surface area (Å²) in [4.78, 5) is 16.8. The summed E-state index contributed by atoms with van der Waals surface area (Å²) in [5.74, 6) is 0.498. The van der Waals surface area contributed by atoms with Crippen molar-refractivity contribution in [3.05, 3.63) is 59.2 Å². The van der Waals surface area contributed by atoms with Crippen LogP contribution in [0.1, 0.15) is 36.5 Å². The van der Waals surface area contributed by atoms with Gasteiger partial charge in [0.25, 0.3) is 0 Å². The number of piperazine rings is 1. The van der Waals surface area contributed by atoms with E-state index in [1.54, 1.807) is 0 Å². The van der Waals surface area contributed by atoms with Crippen LogP contribution in [0.15, 0.2) is 42.5 Å². The van der Waals surface area contributed by atoms with Gasteiger partial charge in [0.1, 0.15) is 0 Å². The first-order chi connectivity index (χ1) is 12.4. The number of carbonyl (C=O) groups is 1. The number of hydrogen-bond donors (Lipinski definition) is 1. The van der Waals surface area contributed by atoms with Gasteiger partial charge in [0.15, 0.2) is 0 Å². The highest BCUT2D eigenvalue weighted by Gasteiger charge is 2.21. The smallest absolute Gasteiger partial charge is 0.321 e. The number of anilines is 2. The van der Waals surface area contributed by atoms with Crippen LogP contribution < -0.4 is 10.2 Å². The Labute approximate surface area is 156 Å². The maximum Gasteiger partial charge on any atom is 0.321 e. The second-order valence-corrected chi connectivity index (χ2v) is 7.53. The van der Waals surface area contributed by atoms with Crippen LogP contribution in [0.25, 0.3) is 0 Å². The molecule has 1 aliphatic heterocycles. The molecule has 2 aromatic rings. The summed E-state index contributed by atoms with van der Waals surface area (Å²) in [6.07, 6.45) is 0. The fourth-order valence-electron chi connectivity index (χ4n) is 3.45. The number of hydrogen-bond acceptors (Lipinski definition) is 2. The van der Waals surface area contributed by atoms with Crippen molar-refractivity contribution in [2.24, 2.45) is 0 Å². The first kappa shape index (κ1) is 18.3. The van der Waals surface area contributed by atoms with Crippen LogP contribution >= 0.6 is 0 Å². The molecule has 138 valence electrons. The molecule has 1 saturated heterocycles. The van der Waals surface area contributed by atoms with E-state index in [4.69, 9.17) is 0 Å². The van der Waals surface area contributed by atoms with Gasteiger partial charge >= 0.3 is 6.03 Å². The molecular formula is C22H29N3O. The SMILES string of the molecule is Cc1cc(C)cc(N2CCN(C(=O)Nc3ccc(C(C)C)cc3)CC2)c1. The average molecular weight is 351 g/mol. The molecule has 2 amide bonds. The molecule has 26 heavy (non-hydrogen) atoms. The lowest BCUT2D eigenvalue weighted by molar-refractivity contribution is 0.208. The normalized spacial score (nSPS) is 14.7. The lowest BCUT2D eigenvalue weighted by Crippen LogP contribution is -2.50. The number of benzene rings is 2. The van der Waals surface area contributed by atoms with E-state index < -0.39 is 0 Å². The topological polar surface area (TPSA) is 35.6 Å². The van der Waals surface area contributed by atoms with Gasteiger partial charge in [-0.3, -0.25) is 0 Å². The van der Waals surface area contributed by atoms with E-state index in [0.29, 0.717) is 5.92 Å². The van der Waals surface area contributed by atoms with E-state index in [9.17, 15) is 4.79 Å². The van der Waals surface area contributed by atoms with Crippen LogP contribution in [0.5, 0.6) is 0 Å². The standard InChI is InChI=1S/C22H29N3O/c1-16(2)19-5-7-20(8-6-19)23-22(26)25-11-9-24(10-12-25)21-14-17(3)13-18(4)15-21/h5-8,13-16H,9-12H2,1-4H3,(H,23,26). The monoisotopic (exact) mass is 351 g/mol. The Hall–Kier alpha value is -2.49. The third kappa shape index (κ3) is 4.37. The fraction of sp³-hybridized carbons (Fsp3) is 0.409. The van der Waals surface area contributed by atoms with Crippen molar-refractivity contribution in [3.63, 3.8) is 0 Å². The van der Waals surface area contributed by atoms with E-state index in [2.05, 4.69) is 68.2 Å². The lowest BCUT2D eigenvalue weighted by Gasteiger charge is -2.36. The summed E-state index contributed by atoms with van der Waals surface area (Å²) < 4.78 is 0. The van der Waals surface area contributed by atoms with Crippen LogP contribution in [-0.4, -0.2) is 37.1 Å². The van der Waals surface area contributed by atoms with Gasteiger partial charge in [0.05, 0.1) is 0 Å². The Balaban J connectivity index is 1.56. The van der Waals surface area contributed by atoms with Crippen molar-refractivity contribution in [2.45, 2.75) is 33.6 Å². The third-order valence-corrected chi connectivity index (χ3v) is 4.97. The number of rotatable bonds is 3. The molecule has 2 aromatic carbocycles. The van der Waals surface area contributed by atoms with Crippen LogP contribution in [0, 0.1) is 13.8 Å². The highest BCUT2D eigenvalue weighted by Crippen LogP contribution is 2.21. The van der Waals surface area contributed by atoms with Crippen molar-refractivity contribution in [3.8, 4) is 0 Å². The van der Waals surface area contributed by atoms with Gasteiger partial charge in [-0.1, -0.05) is 32.0 Å². The molecule has 1 heterocycles. The zero-order chi connectivity index (χ0) is 18.7. The molecule has 0 atom stereocenters. The Morgan fingerprint density at radius 3 is 2.04 bits per heavy atom. The molecule has 1 fully saturated rings. The Morgan fingerprint density at radius 2 is 1.50 bits per heavy atom. The summed E-state index contributed by atoms with van der Waals surface area (Å²) in [5.41, 5.74) is 5.96. The number of nitrogens with zero attached hydrogens (tertiary/aromatic N) is 2. The predicted molar refractivity (Wildman–Crippen MR) is 109 cm³/mol. The Bertz CT molecular complexity index is 739. The molecule has 0 saturated carbocycles. The molecule has 1 N–H and O–H groups in total. The van der Waals surface area contributed by atoms with E-state index in [-0.39, 0.29) is 6.03 Å². The second kappa shape index (κ2) is 7.81. The summed E-state index contributed by atoms with van der Waals surface area (Å²) in [5, 5.41) is 3.02. The van der Waals surface area contributed by atoms with Crippen molar-refractivity contribution in [1.29, 1.82) is 0 Å². The lowest BCUT2D eigenvalue weighted by atomic mass is 10.0. The molecule has 3 rings (SSSR count). The minimum Gasteiger partial charge on any atom is -0.368 e. The van der Waals surface area contributed by atoms with Gasteiger partial charge in [-0.25, -0.2) is 4.79 Å². The van der Waals surface area contributed by atoms with Crippen molar-refractivity contribution in [2.75, 3.05) is 36.4 Å². The largest absolute Gasteiger partial charge is 0.368 e. The summed E-state index contributed by atoms with van der Waals surface area (Å²) in [6, 6.07) is 14.8. The second-order valence-electron chi connectivity index (χ2n) is 7.53. The first-order valence-corrected chi connectivity index (χ1v) is 9.41. The van der Waals surface area contributed by atoms with Crippen LogP contribution in [-0.2, 0) is 0 Å². The molecule has 1 aliphatic rings. The van der Waals surface area contributed by atoms with E-state index in [1.807, 2.05) is 17.0 Å². The van der Waals surface area contributed by atoms with E-state index in [0.717, 1.165) is 31.9 Å². The number of aryl methyl sites for hydroxylation is 2. The van der Waals surface area contributed by atoms with Crippen LogP contribution in [0.4, 0.5) is 16.2 Å². The van der Waals surface area contributed by atoms with Crippen molar-refractivity contribution >= 4 is 17.4 Å². The number of carbonyl (C=O) groups excluding carboxylic acids is 1. The molecule has 0 aliphatic carbocycles. The molecular weight excluding hydrogens is 322 g/mol. The fourth-order valence-corrected chi connectivity index (χ4v) is 3.45. The highest BCUT2D eigenvalue weighted by atomic mass is 16.2. The molecule has 4 nitrogen and oxygen atoms in total. The van der Waals surface area contributed by atoms with Crippen molar-refractivity contribution < 1.29 is 4.79 Å². The van der Waals surface area contributed by atoms with Gasteiger partial charge in [-0.2, -0.15) is 0 Å². The molecule has 0 unspecified atom stereocenters. The third-order valence-electron chi connectivity index (χ3n) is 4.97. The van der Waals surface area contributed by atoms with Gasteiger partial charge in [0.2, 0.25) is 0 Å².